The van der Waals surface area contributed by atoms with E-state index in [9.17, 15) is 0 Å². The molecule has 0 amide bonds. The Bertz CT molecular complexity index is 3570. The molecule has 4 heteroatoms. The van der Waals surface area contributed by atoms with E-state index in [1.54, 1.807) is 0 Å². The van der Waals surface area contributed by atoms with Crippen LogP contribution in [-0.4, -0.2) is 10.7 Å². The molecule has 0 fully saturated rings. The Kier molecular flexibility index (Phi) is 7.70. The summed E-state index contributed by atoms with van der Waals surface area (Å²) in [6.07, 6.45) is 8.64. The number of nitrogens with zero attached hydrogens (tertiary/aromatic N) is 2. The number of ether oxygens (including phenoxy) is 1. The number of hydrogen-bond acceptors (Lipinski definition) is 3. The molecule has 3 heterocycles. The second-order valence-electron chi connectivity index (χ2n) is 16.3. The van der Waals surface area contributed by atoms with Gasteiger partial charge in [-0.05, 0) is 94.9 Å². The van der Waals surface area contributed by atoms with E-state index in [4.69, 9.17) is 9.15 Å². The number of anilines is 3. The fourth-order valence-corrected chi connectivity index (χ4v) is 10.2. The van der Waals surface area contributed by atoms with Crippen molar-refractivity contribution >= 4 is 71.6 Å². The topological polar surface area (TPSA) is 30.5 Å². The van der Waals surface area contributed by atoms with Gasteiger partial charge in [-0.1, -0.05) is 146 Å². The number of para-hydroxylation sites is 3. The van der Waals surface area contributed by atoms with Crippen LogP contribution >= 0.6 is 0 Å². The van der Waals surface area contributed by atoms with Crippen LogP contribution in [0.5, 0.6) is 5.75 Å². The molecule has 292 valence electrons. The second kappa shape index (κ2) is 13.7. The number of hydrogen-bond donors (Lipinski definition) is 0. The number of furan rings is 1. The van der Waals surface area contributed by atoms with Gasteiger partial charge in [0.2, 0.25) is 0 Å². The first-order chi connectivity index (χ1) is 30.8. The smallest absolute Gasteiger partial charge is 0.143 e. The molecule has 1 aliphatic heterocycles. The van der Waals surface area contributed by atoms with Crippen LogP contribution in [0.25, 0.3) is 82.5 Å². The van der Waals surface area contributed by atoms with E-state index < -0.39 is 0 Å². The van der Waals surface area contributed by atoms with E-state index in [0.29, 0.717) is 0 Å². The van der Waals surface area contributed by atoms with Crippen LogP contribution in [0, 0.1) is 0 Å². The summed E-state index contributed by atoms with van der Waals surface area (Å²) in [5, 5.41) is 7.07. The molecule has 9 aromatic carbocycles. The van der Waals surface area contributed by atoms with E-state index in [2.05, 4.69) is 228 Å². The molecule has 2 aromatic heterocycles. The summed E-state index contributed by atoms with van der Waals surface area (Å²) in [5.41, 5.74) is 14.4. The van der Waals surface area contributed by atoms with Gasteiger partial charge in [0.05, 0.1) is 22.4 Å². The Hall–Kier alpha value is -8.08. The van der Waals surface area contributed by atoms with E-state index in [1.807, 2.05) is 0 Å². The summed E-state index contributed by atoms with van der Waals surface area (Å²) < 4.78 is 15.5. The minimum atomic E-state index is -0.0255. The highest BCUT2D eigenvalue weighted by Crippen LogP contribution is 2.50. The summed E-state index contributed by atoms with van der Waals surface area (Å²) in [6, 6.07) is 69.9. The molecule has 2 unspecified atom stereocenters. The van der Waals surface area contributed by atoms with E-state index in [1.165, 1.54) is 38.3 Å². The predicted octanol–water partition coefficient (Wildman–Crippen LogP) is 15.6. The van der Waals surface area contributed by atoms with Gasteiger partial charge in [-0.3, -0.25) is 0 Å². The molecule has 0 N–H and O–H groups in total. The maximum Gasteiger partial charge on any atom is 0.143 e. The van der Waals surface area contributed by atoms with Crippen LogP contribution in [0.3, 0.4) is 0 Å². The van der Waals surface area contributed by atoms with Gasteiger partial charge in [-0.15, -0.1) is 0 Å². The summed E-state index contributed by atoms with van der Waals surface area (Å²) >= 11 is 0. The normalized spacial score (nSPS) is 15.4. The molecule has 13 rings (SSSR count). The Labute approximate surface area is 358 Å². The lowest BCUT2D eigenvalue weighted by Gasteiger charge is -2.29. The van der Waals surface area contributed by atoms with Gasteiger partial charge < -0.3 is 18.6 Å². The Morgan fingerprint density at radius 3 is 1.87 bits per heavy atom. The third-order valence-corrected chi connectivity index (χ3v) is 12.9. The van der Waals surface area contributed by atoms with Crippen molar-refractivity contribution in [2.24, 2.45) is 0 Å². The molecule has 2 atom stereocenters. The van der Waals surface area contributed by atoms with Crippen LogP contribution in [0.2, 0.25) is 0 Å². The molecule has 0 saturated carbocycles. The first-order valence-corrected chi connectivity index (χ1v) is 21.3. The van der Waals surface area contributed by atoms with Crippen LogP contribution in [0.15, 0.2) is 223 Å². The Balaban J connectivity index is 0.942. The fraction of sp³-hybridized carbons (Fsp3) is 0.0345. The average Bonchev–Trinajstić information content (AvgIpc) is 4.03. The SMILES string of the molecule is C1=CC2Oc3cccc(N(c4ccc(-c5ccccc5-n5c6ccccc6c6ccccc65)cc4)c4ccc(-c5cccc6oc7c8ccccc8ccc7c56)cc4)c3C2C=C1. The van der Waals surface area contributed by atoms with Gasteiger partial charge in [0, 0.05) is 55.4 Å². The lowest BCUT2D eigenvalue weighted by Crippen LogP contribution is -2.17. The van der Waals surface area contributed by atoms with Gasteiger partial charge in [0.15, 0.2) is 0 Å². The van der Waals surface area contributed by atoms with Crippen molar-refractivity contribution in [2.75, 3.05) is 4.90 Å². The van der Waals surface area contributed by atoms with E-state index >= 15 is 0 Å². The highest BCUT2D eigenvalue weighted by molar-refractivity contribution is 6.19. The van der Waals surface area contributed by atoms with Crippen LogP contribution in [-0.2, 0) is 0 Å². The third kappa shape index (κ3) is 5.26. The van der Waals surface area contributed by atoms with E-state index in [-0.39, 0.29) is 12.0 Å². The Morgan fingerprint density at radius 1 is 0.468 bits per heavy atom. The molecule has 11 aromatic rings. The van der Waals surface area contributed by atoms with E-state index in [0.717, 1.165) is 72.5 Å². The summed E-state index contributed by atoms with van der Waals surface area (Å²) in [4.78, 5) is 2.39. The van der Waals surface area contributed by atoms with Gasteiger partial charge >= 0.3 is 0 Å². The monoisotopic (exact) mass is 794 g/mol. The van der Waals surface area contributed by atoms with Crippen LogP contribution in [0.4, 0.5) is 17.1 Å². The second-order valence-corrected chi connectivity index (χ2v) is 16.3. The molecule has 1 aliphatic carbocycles. The largest absolute Gasteiger partial charge is 0.485 e. The van der Waals surface area contributed by atoms with Crippen molar-refractivity contribution in [1.29, 1.82) is 0 Å². The highest BCUT2D eigenvalue weighted by Gasteiger charge is 2.36. The standard InChI is InChI=1S/C58H38N2O2/c1-2-15-44-37(13-1)31-36-48-56-43(19-11-25-54(56)62-58(44)48)39-29-34-41(35-30-39)59(52-23-12-26-55-57(52)47-18-6-10-24-53(47)61-55)40-32-27-38(28-33-40)42-14-3-7-20-49(42)60-50-21-8-4-16-45(50)46-17-5-9-22-51(46)60/h1-36,47,53H. The van der Waals surface area contributed by atoms with Gasteiger partial charge in [0.1, 0.15) is 23.0 Å². The van der Waals surface area contributed by atoms with Gasteiger partial charge in [-0.25, -0.2) is 0 Å². The number of allylic oxidation sites excluding steroid dienone is 2. The van der Waals surface area contributed by atoms with Crippen LogP contribution < -0.4 is 9.64 Å². The summed E-state index contributed by atoms with van der Waals surface area (Å²) in [7, 11) is 0. The number of rotatable bonds is 6. The maximum absolute atomic E-state index is 6.57. The maximum atomic E-state index is 6.57. The Morgan fingerprint density at radius 2 is 1.10 bits per heavy atom. The zero-order valence-corrected chi connectivity index (χ0v) is 33.7. The zero-order valence-electron chi connectivity index (χ0n) is 33.7. The highest BCUT2D eigenvalue weighted by atomic mass is 16.5. The van der Waals surface area contributed by atoms with Crippen molar-refractivity contribution in [3.63, 3.8) is 0 Å². The third-order valence-electron chi connectivity index (χ3n) is 12.9. The fourth-order valence-electron chi connectivity index (χ4n) is 10.2. The molecule has 0 radical (unpaired) electrons. The van der Waals surface area contributed by atoms with Crippen molar-refractivity contribution in [1.82, 2.24) is 4.57 Å². The number of benzene rings is 9. The van der Waals surface area contributed by atoms with Gasteiger partial charge in [-0.2, -0.15) is 0 Å². The first kappa shape index (κ1) is 34.8. The van der Waals surface area contributed by atoms with Gasteiger partial charge in [0.25, 0.3) is 0 Å². The summed E-state index contributed by atoms with van der Waals surface area (Å²) in [5.74, 6) is 1.05. The number of fused-ring (bicyclic) bond motifs is 11. The molecule has 4 nitrogen and oxygen atoms in total. The minimum Gasteiger partial charge on any atom is -0.485 e. The average molecular weight is 795 g/mol. The quantitative estimate of drug-likeness (QED) is 0.168. The molecular formula is C58H38N2O2. The molecular weight excluding hydrogens is 757 g/mol. The number of aromatic nitrogens is 1. The van der Waals surface area contributed by atoms with Crippen molar-refractivity contribution in [2.45, 2.75) is 12.0 Å². The molecule has 0 spiro atoms. The molecule has 2 aliphatic rings. The van der Waals surface area contributed by atoms with Crippen molar-refractivity contribution in [3.05, 3.63) is 224 Å². The minimum absolute atomic E-state index is 0.0255. The van der Waals surface area contributed by atoms with Crippen molar-refractivity contribution < 1.29 is 9.15 Å². The summed E-state index contributed by atoms with van der Waals surface area (Å²) in [6.45, 7) is 0. The molecule has 62 heavy (non-hydrogen) atoms. The predicted molar refractivity (Wildman–Crippen MR) is 257 cm³/mol. The lowest BCUT2D eigenvalue weighted by atomic mass is 9.90. The molecule has 0 saturated heterocycles. The lowest BCUT2D eigenvalue weighted by molar-refractivity contribution is 0.269. The first-order valence-electron chi connectivity index (χ1n) is 21.3. The zero-order chi connectivity index (χ0) is 40.7. The molecule has 0 bridgehead atoms. The van der Waals surface area contributed by atoms with Crippen molar-refractivity contribution in [3.8, 4) is 33.7 Å². The van der Waals surface area contributed by atoms with Crippen LogP contribution in [0.1, 0.15) is 11.5 Å².